The second-order valence-corrected chi connectivity index (χ2v) is 3.64. The smallest absolute Gasteiger partial charge is 0.0586 e. The van der Waals surface area contributed by atoms with Crippen LogP contribution in [-0.4, -0.2) is 5.71 Å². The third-order valence-corrected chi connectivity index (χ3v) is 1.82. The Labute approximate surface area is 81.2 Å². The van der Waals surface area contributed by atoms with Gasteiger partial charge in [0, 0.05) is 11.9 Å². The average Bonchev–Trinajstić information content (AvgIpc) is 2.05. The fourth-order valence-electron chi connectivity index (χ4n) is 0.918. The van der Waals surface area contributed by atoms with Gasteiger partial charge in [0.25, 0.3) is 0 Å². The van der Waals surface area contributed by atoms with Crippen molar-refractivity contribution >= 4 is 5.71 Å². The molecule has 0 heterocycles. The maximum atomic E-state index is 5.47. The Morgan fingerprint density at radius 2 is 1.77 bits per heavy atom. The lowest BCUT2D eigenvalue weighted by atomic mass is 10.1. The Morgan fingerprint density at radius 3 is 2.00 bits per heavy atom. The number of nitrogens with two attached hydrogens (primary N) is 1. The first-order valence-electron chi connectivity index (χ1n) is 4.65. The van der Waals surface area contributed by atoms with E-state index in [1.165, 1.54) is 0 Å². The normalized spacial score (nSPS) is 14.0. The van der Waals surface area contributed by atoms with Crippen LogP contribution in [0.25, 0.3) is 0 Å². The molecule has 0 fully saturated rings. The summed E-state index contributed by atoms with van der Waals surface area (Å²) in [5.41, 5.74) is 7.38. The van der Waals surface area contributed by atoms with Crippen molar-refractivity contribution in [3.8, 4) is 0 Å². The fourth-order valence-corrected chi connectivity index (χ4v) is 0.918. The number of allylic oxidation sites excluding steroid dienone is 2. The molecule has 0 saturated heterocycles. The number of nitrogens with zero attached hydrogens (tertiary/aromatic N) is 1. The molecule has 0 spiro atoms. The van der Waals surface area contributed by atoms with Crippen LogP contribution in [-0.2, 0) is 0 Å². The van der Waals surface area contributed by atoms with E-state index < -0.39 is 0 Å². The number of hydrogen-bond acceptors (Lipinski definition) is 2. The predicted molar refractivity (Wildman–Crippen MR) is 59.6 cm³/mol. The Hall–Kier alpha value is -1.05. The fraction of sp³-hybridized carbons (Fsp3) is 0.545. The first kappa shape index (κ1) is 11.9. The summed E-state index contributed by atoms with van der Waals surface area (Å²) in [6.45, 7) is 12.1. The van der Waals surface area contributed by atoms with Crippen LogP contribution in [0.4, 0.5) is 0 Å². The summed E-state index contributed by atoms with van der Waals surface area (Å²) in [7, 11) is 0. The van der Waals surface area contributed by atoms with Gasteiger partial charge >= 0.3 is 0 Å². The van der Waals surface area contributed by atoms with E-state index in [2.05, 4.69) is 39.3 Å². The van der Waals surface area contributed by atoms with Gasteiger partial charge in [0.2, 0.25) is 0 Å². The third kappa shape index (κ3) is 3.92. The zero-order chi connectivity index (χ0) is 10.4. The molecule has 74 valence electrons. The van der Waals surface area contributed by atoms with Crippen molar-refractivity contribution in [1.29, 1.82) is 0 Å². The summed E-state index contributed by atoms with van der Waals surface area (Å²) in [5, 5.41) is 0. The predicted octanol–water partition coefficient (Wildman–Crippen LogP) is 2.73. The molecule has 0 aliphatic rings. The molecule has 0 saturated carbocycles. The minimum Gasteiger partial charge on any atom is -0.403 e. The molecule has 0 aliphatic heterocycles. The Morgan fingerprint density at radius 1 is 1.23 bits per heavy atom. The van der Waals surface area contributed by atoms with Crippen molar-refractivity contribution in [3.05, 3.63) is 24.6 Å². The van der Waals surface area contributed by atoms with E-state index in [1.54, 1.807) is 12.3 Å². The molecular weight excluding hydrogens is 160 g/mol. The maximum Gasteiger partial charge on any atom is 0.0586 e. The van der Waals surface area contributed by atoms with Gasteiger partial charge in [0.05, 0.1) is 5.70 Å². The molecule has 2 N–H and O–H groups in total. The van der Waals surface area contributed by atoms with Gasteiger partial charge in [-0.2, -0.15) is 0 Å². The Bertz CT molecular complexity index is 222. The van der Waals surface area contributed by atoms with Crippen molar-refractivity contribution in [2.75, 3.05) is 0 Å². The van der Waals surface area contributed by atoms with Crippen LogP contribution in [0.1, 0.15) is 27.7 Å². The molecule has 0 radical (unpaired) electrons. The van der Waals surface area contributed by atoms with Crippen molar-refractivity contribution in [2.24, 2.45) is 22.6 Å². The van der Waals surface area contributed by atoms with Gasteiger partial charge in [-0.05, 0) is 17.9 Å². The quantitative estimate of drug-likeness (QED) is 0.664. The highest BCUT2D eigenvalue weighted by atomic mass is 14.8. The van der Waals surface area contributed by atoms with Gasteiger partial charge in [0.1, 0.15) is 0 Å². The van der Waals surface area contributed by atoms with E-state index >= 15 is 0 Å². The molecule has 0 unspecified atom stereocenters. The highest BCUT2D eigenvalue weighted by Crippen LogP contribution is 2.12. The van der Waals surface area contributed by atoms with Crippen molar-refractivity contribution in [2.45, 2.75) is 27.7 Å². The van der Waals surface area contributed by atoms with E-state index in [9.17, 15) is 0 Å². The van der Waals surface area contributed by atoms with Gasteiger partial charge in [-0.1, -0.05) is 34.3 Å². The van der Waals surface area contributed by atoms with Gasteiger partial charge in [-0.15, -0.1) is 0 Å². The topological polar surface area (TPSA) is 38.4 Å². The van der Waals surface area contributed by atoms with Crippen LogP contribution >= 0.6 is 0 Å². The van der Waals surface area contributed by atoms with Crippen LogP contribution in [0.5, 0.6) is 0 Å². The summed E-state index contributed by atoms with van der Waals surface area (Å²) in [5.74, 6) is 0.755. The van der Waals surface area contributed by atoms with E-state index in [1.807, 2.05) is 0 Å². The lowest BCUT2D eigenvalue weighted by Gasteiger charge is -2.09. The van der Waals surface area contributed by atoms with Gasteiger partial charge in [0.15, 0.2) is 0 Å². The summed E-state index contributed by atoms with van der Waals surface area (Å²) >= 11 is 0. The van der Waals surface area contributed by atoms with Gasteiger partial charge < -0.3 is 5.73 Å². The minimum atomic E-state index is 0.360. The number of aliphatic imine (C=N–C) groups is 1. The zero-order valence-electron chi connectivity index (χ0n) is 9.04. The van der Waals surface area contributed by atoms with Crippen LogP contribution in [0.15, 0.2) is 29.5 Å². The average molecular weight is 180 g/mol. The second kappa shape index (κ2) is 5.57. The second-order valence-electron chi connectivity index (χ2n) is 3.64. The highest BCUT2D eigenvalue weighted by Gasteiger charge is 2.04. The molecule has 0 aromatic rings. The Kier molecular flexibility index (Phi) is 5.12. The first-order valence-corrected chi connectivity index (χ1v) is 4.65. The summed E-state index contributed by atoms with van der Waals surface area (Å²) < 4.78 is 0. The van der Waals surface area contributed by atoms with Crippen molar-refractivity contribution < 1.29 is 0 Å². The summed E-state index contributed by atoms with van der Waals surface area (Å²) in [4.78, 5) is 4.45. The lowest BCUT2D eigenvalue weighted by molar-refractivity contribution is 0.749. The lowest BCUT2D eigenvalue weighted by Crippen LogP contribution is -2.06. The standard InChI is InChI=1S/C11H20N2/c1-6-10(8(2)3)13-11(7-12)9(4)5/h6-9H,1,12H2,2-5H3/b11-7-,13-10+. The van der Waals surface area contributed by atoms with E-state index in [0.717, 1.165) is 11.4 Å². The molecular formula is C11H20N2. The SMILES string of the molecule is C=C/C(=N\C(=C/N)C(C)C)C(C)C. The molecule has 0 aromatic heterocycles. The molecule has 2 heteroatoms. The Balaban J connectivity index is 4.76. The maximum absolute atomic E-state index is 5.47. The van der Waals surface area contributed by atoms with Crippen LogP contribution < -0.4 is 5.73 Å². The molecule has 0 aromatic carbocycles. The molecule has 0 atom stereocenters. The van der Waals surface area contributed by atoms with E-state index in [0.29, 0.717) is 11.8 Å². The van der Waals surface area contributed by atoms with Gasteiger partial charge in [-0.25, -0.2) is 0 Å². The minimum absolute atomic E-state index is 0.360. The van der Waals surface area contributed by atoms with Crippen molar-refractivity contribution in [3.63, 3.8) is 0 Å². The number of rotatable bonds is 4. The van der Waals surface area contributed by atoms with E-state index in [-0.39, 0.29) is 0 Å². The molecule has 2 nitrogen and oxygen atoms in total. The molecule has 0 aliphatic carbocycles. The number of hydrogen-bond donors (Lipinski definition) is 1. The molecule has 0 rings (SSSR count). The summed E-state index contributed by atoms with van der Waals surface area (Å²) in [6.07, 6.45) is 3.35. The zero-order valence-corrected chi connectivity index (χ0v) is 9.04. The van der Waals surface area contributed by atoms with Crippen LogP contribution in [0.3, 0.4) is 0 Å². The molecule has 0 amide bonds. The van der Waals surface area contributed by atoms with Crippen molar-refractivity contribution in [1.82, 2.24) is 0 Å². The highest BCUT2D eigenvalue weighted by molar-refractivity contribution is 5.96. The molecule has 0 bridgehead atoms. The first-order chi connectivity index (χ1) is 6.02. The van der Waals surface area contributed by atoms with E-state index in [4.69, 9.17) is 5.73 Å². The summed E-state index contributed by atoms with van der Waals surface area (Å²) in [6, 6.07) is 0. The van der Waals surface area contributed by atoms with Gasteiger partial charge in [-0.3, -0.25) is 4.99 Å². The largest absolute Gasteiger partial charge is 0.403 e. The van der Waals surface area contributed by atoms with Crippen LogP contribution in [0.2, 0.25) is 0 Å². The molecule has 13 heavy (non-hydrogen) atoms. The monoisotopic (exact) mass is 180 g/mol. The third-order valence-electron chi connectivity index (χ3n) is 1.82. The van der Waals surface area contributed by atoms with Crippen LogP contribution in [0, 0.1) is 11.8 Å².